The van der Waals surface area contributed by atoms with E-state index in [0.717, 1.165) is 45.4 Å². The maximum atomic E-state index is 13.5. The molecule has 1 aliphatic carbocycles. The lowest BCUT2D eigenvalue weighted by atomic mass is 9.72. The predicted molar refractivity (Wildman–Crippen MR) is 122 cm³/mol. The molecule has 1 saturated heterocycles. The molecule has 32 heavy (non-hydrogen) atoms. The molecule has 6 nitrogen and oxygen atoms in total. The number of hydrogen-bond acceptors (Lipinski definition) is 4. The molecule has 1 N–H and O–H groups in total. The van der Waals surface area contributed by atoms with Crippen molar-refractivity contribution in [1.29, 1.82) is 0 Å². The van der Waals surface area contributed by atoms with Crippen molar-refractivity contribution >= 4 is 11.8 Å². The van der Waals surface area contributed by atoms with Crippen LogP contribution in [-0.4, -0.2) is 65.9 Å². The molecule has 1 aliphatic heterocycles. The minimum Gasteiger partial charge on any atom is -0.349 e. The number of aromatic nitrogens is 1. The van der Waals surface area contributed by atoms with Gasteiger partial charge in [-0.15, -0.1) is 0 Å². The van der Waals surface area contributed by atoms with Crippen molar-refractivity contribution in [3.05, 3.63) is 54.0 Å². The van der Waals surface area contributed by atoms with E-state index in [1.807, 2.05) is 11.8 Å². The second-order valence-corrected chi connectivity index (χ2v) is 9.37. The number of nitrogens with zero attached hydrogens (tertiary/aromatic N) is 3. The SMILES string of the molecule is CN1CCN(C(=O)C2(C)CCCC(NC(=O)c3ccc(-c4cccc(F)c4)nc3)C2)CC1. The van der Waals surface area contributed by atoms with Gasteiger partial charge in [-0.1, -0.05) is 25.5 Å². The van der Waals surface area contributed by atoms with E-state index in [0.29, 0.717) is 23.2 Å². The second kappa shape index (κ2) is 9.36. The summed E-state index contributed by atoms with van der Waals surface area (Å²) in [5, 5.41) is 3.11. The maximum absolute atomic E-state index is 13.5. The monoisotopic (exact) mass is 438 g/mol. The van der Waals surface area contributed by atoms with Crippen LogP contribution in [0.5, 0.6) is 0 Å². The standard InChI is InChI=1S/C25H31FN4O2/c1-25(24(32)30-13-11-29(2)12-14-30)10-4-7-21(16-25)28-23(31)19-8-9-22(27-17-19)18-5-3-6-20(26)15-18/h3,5-6,8-9,15,17,21H,4,7,10-14,16H2,1-2H3,(H,28,31). The van der Waals surface area contributed by atoms with Crippen LogP contribution in [0, 0.1) is 11.2 Å². The zero-order valence-electron chi connectivity index (χ0n) is 18.8. The fourth-order valence-electron chi connectivity index (χ4n) is 4.81. The summed E-state index contributed by atoms with van der Waals surface area (Å²) in [5.41, 5.74) is 1.31. The van der Waals surface area contributed by atoms with Gasteiger partial charge in [-0.3, -0.25) is 14.6 Å². The molecule has 170 valence electrons. The van der Waals surface area contributed by atoms with Crippen LogP contribution >= 0.6 is 0 Å². The van der Waals surface area contributed by atoms with Crippen LogP contribution in [0.2, 0.25) is 0 Å². The van der Waals surface area contributed by atoms with Crippen LogP contribution in [0.15, 0.2) is 42.6 Å². The number of likely N-dealkylation sites (N-methyl/N-ethyl adjacent to an activating group) is 1. The summed E-state index contributed by atoms with van der Waals surface area (Å²) in [7, 11) is 2.08. The summed E-state index contributed by atoms with van der Waals surface area (Å²) in [6.45, 7) is 5.39. The Labute approximate surface area is 188 Å². The molecule has 4 rings (SSSR count). The van der Waals surface area contributed by atoms with Crippen molar-refractivity contribution in [2.45, 2.75) is 38.6 Å². The summed E-state index contributed by atoms with van der Waals surface area (Å²) in [6, 6.07) is 9.62. The van der Waals surface area contributed by atoms with Gasteiger partial charge in [0.25, 0.3) is 5.91 Å². The number of nitrogens with one attached hydrogen (secondary N) is 1. The van der Waals surface area contributed by atoms with Crippen LogP contribution in [-0.2, 0) is 4.79 Å². The van der Waals surface area contributed by atoms with Crippen molar-refractivity contribution in [3.63, 3.8) is 0 Å². The van der Waals surface area contributed by atoms with Crippen LogP contribution in [0.25, 0.3) is 11.3 Å². The molecule has 2 amide bonds. The third-order valence-electron chi connectivity index (χ3n) is 6.77. The lowest BCUT2D eigenvalue weighted by Crippen LogP contribution is -2.54. The molecule has 2 atom stereocenters. The van der Waals surface area contributed by atoms with Gasteiger partial charge in [0.1, 0.15) is 5.82 Å². The van der Waals surface area contributed by atoms with Crippen LogP contribution < -0.4 is 5.32 Å². The molecule has 1 aromatic carbocycles. The van der Waals surface area contributed by atoms with E-state index in [4.69, 9.17) is 0 Å². The lowest BCUT2D eigenvalue weighted by molar-refractivity contribution is -0.145. The average molecular weight is 439 g/mol. The molecule has 2 unspecified atom stereocenters. The van der Waals surface area contributed by atoms with E-state index in [1.54, 1.807) is 24.3 Å². The highest BCUT2D eigenvalue weighted by Crippen LogP contribution is 2.38. The Hall–Kier alpha value is -2.80. The van der Waals surface area contributed by atoms with Gasteiger partial charge in [0.2, 0.25) is 5.91 Å². The summed E-state index contributed by atoms with van der Waals surface area (Å²) >= 11 is 0. The van der Waals surface area contributed by atoms with Gasteiger partial charge in [-0.05, 0) is 50.6 Å². The maximum Gasteiger partial charge on any atom is 0.253 e. The Morgan fingerprint density at radius 2 is 1.94 bits per heavy atom. The molecular formula is C25H31FN4O2. The van der Waals surface area contributed by atoms with E-state index in [1.165, 1.54) is 18.3 Å². The minimum absolute atomic E-state index is 0.0411. The van der Waals surface area contributed by atoms with Gasteiger partial charge < -0.3 is 15.1 Å². The highest BCUT2D eigenvalue weighted by Gasteiger charge is 2.41. The number of amides is 2. The van der Waals surface area contributed by atoms with Crippen LogP contribution in [0.1, 0.15) is 43.0 Å². The van der Waals surface area contributed by atoms with Crippen molar-refractivity contribution in [3.8, 4) is 11.3 Å². The first-order valence-electron chi connectivity index (χ1n) is 11.3. The number of pyridine rings is 1. The second-order valence-electron chi connectivity index (χ2n) is 9.37. The smallest absolute Gasteiger partial charge is 0.253 e. The van der Waals surface area contributed by atoms with E-state index in [-0.39, 0.29) is 23.7 Å². The minimum atomic E-state index is -0.439. The first-order valence-corrected chi connectivity index (χ1v) is 11.3. The van der Waals surface area contributed by atoms with Gasteiger partial charge in [0.15, 0.2) is 0 Å². The summed E-state index contributed by atoms with van der Waals surface area (Å²) < 4.78 is 13.5. The Morgan fingerprint density at radius 3 is 2.62 bits per heavy atom. The molecule has 2 aliphatic rings. The molecule has 0 radical (unpaired) electrons. The third kappa shape index (κ3) is 4.99. The molecule has 2 heterocycles. The van der Waals surface area contributed by atoms with E-state index in [9.17, 15) is 14.0 Å². The highest BCUT2D eigenvalue weighted by molar-refractivity contribution is 5.94. The molecule has 1 saturated carbocycles. The molecule has 2 aromatic rings. The first-order chi connectivity index (χ1) is 15.3. The first kappa shape index (κ1) is 22.4. The summed E-state index contributed by atoms with van der Waals surface area (Å²) in [5.74, 6) is -0.298. The van der Waals surface area contributed by atoms with Gasteiger partial charge in [-0.25, -0.2) is 4.39 Å². The number of hydrogen-bond donors (Lipinski definition) is 1. The third-order valence-corrected chi connectivity index (χ3v) is 6.77. The van der Waals surface area contributed by atoms with Crippen molar-refractivity contribution in [2.75, 3.05) is 33.2 Å². The lowest BCUT2D eigenvalue weighted by Gasteiger charge is -2.42. The topological polar surface area (TPSA) is 65.5 Å². The van der Waals surface area contributed by atoms with Gasteiger partial charge in [-0.2, -0.15) is 0 Å². The molecule has 0 spiro atoms. The number of carbonyl (C=O) groups is 2. The Morgan fingerprint density at radius 1 is 1.16 bits per heavy atom. The molecule has 7 heteroatoms. The van der Waals surface area contributed by atoms with E-state index in [2.05, 4.69) is 22.2 Å². The largest absolute Gasteiger partial charge is 0.349 e. The fraction of sp³-hybridized carbons (Fsp3) is 0.480. The predicted octanol–water partition coefficient (Wildman–Crippen LogP) is 3.34. The van der Waals surface area contributed by atoms with Crippen molar-refractivity contribution in [2.24, 2.45) is 5.41 Å². The number of halogens is 1. The highest BCUT2D eigenvalue weighted by atomic mass is 19.1. The number of rotatable bonds is 4. The quantitative estimate of drug-likeness (QED) is 0.795. The van der Waals surface area contributed by atoms with E-state index < -0.39 is 5.41 Å². The molecular weight excluding hydrogens is 407 g/mol. The average Bonchev–Trinajstić information content (AvgIpc) is 2.79. The molecule has 1 aromatic heterocycles. The van der Waals surface area contributed by atoms with Gasteiger partial charge in [0, 0.05) is 49.4 Å². The van der Waals surface area contributed by atoms with E-state index >= 15 is 0 Å². The normalized spacial score (nSPS) is 24.2. The number of benzene rings is 1. The Kier molecular flexibility index (Phi) is 6.55. The number of carbonyl (C=O) groups excluding carboxylic acids is 2. The fourth-order valence-corrected chi connectivity index (χ4v) is 4.81. The summed E-state index contributed by atoms with van der Waals surface area (Å²) in [6.07, 6.45) is 4.81. The van der Waals surface area contributed by atoms with Crippen LogP contribution in [0.3, 0.4) is 0 Å². The number of piperazine rings is 1. The van der Waals surface area contributed by atoms with Gasteiger partial charge >= 0.3 is 0 Å². The molecule has 2 fully saturated rings. The van der Waals surface area contributed by atoms with Crippen molar-refractivity contribution < 1.29 is 14.0 Å². The zero-order chi connectivity index (χ0) is 22.7. The Balaban J connectivity index is 1.38. The van der Waals surface area contributed by atoms with Crippen molar-refractivity contribution in [1.82, 2.24) is 20.1 Å². The summed E-state index contributed by atoms with van der Waals surface area (Å²) in [4.78, 5) is 34.6. The van der Waals surface area contributed by atoms with Crippen LogP contribution in [0.4, 0.5) is 4.39 Å². The van der Waals surface area contributed by atoms with Gasteiger partial charge in [0.05, 0.1) is 11.3 Å². The zero-order valence-corrected chi connectivity index (χ0v) is 18.8. The Bertz CT molecular complexity index is 972. The molecule has 0 bridgehead atoms.